The molecule has 132 valence electrons. The molecule has 1 aromatic carbocycles. The number of amides is 1. The number of carbonyl (C=O) groups is 1. The van der Waals surface area contributed by atoms with E-state index in [1.165, 1.54) is 5.56 Å². The molecule has 0 aromatic heterocycles. The summed E-state index contributed by atoms with van der Waals surface area (Å²) in [6.45, 7) is 10.1. The largest absolute Gasteiger partial charge is 0.493 e. The molecule has 24 heavy (non-hydrogen) atoms. The van der Waals surface area contributed by atoms with E-state index in [0.717, 1.165) is 12.0 Å². The Balaban J connectivity index is 2.40. The monoisotopic (exact) mass is 333 g/mol. The summed E-state index contributed by atoms with van der Waals surface area (Å²) in [4.78, 5) is 14.4. The highest BCUT2D eigenvalue weighted by Crippen LogP contribution is 2.40. The van der Waals surface area contributed by atoms with Crippen LogP contribution in [0.2, 0.25) is 0 Å². The minimum atomic E-state index is -0.520. The van der Waals surface area contributed by atoms with E-state index in [9.17, 15) is 4.79 Å². The summed E-state index contributed by atoms with van der Waals surface area (Å²) >= 11 is 0. The van der Waals surface area contributed by atoms with Crippen molar-refractivity contribution < 1.29 is 19.0 Å². The van der Waals surface area contributed by atoms with E-state index in [1.54, 1.807) is 19.1 Å². The molecule has 0 radical (unpaired) electrons. The first-order valence-electron chi connectivity index (χ1n) is 8.16. The molecule has 0 N–H and O–H groups in total. The Morgan fingerprint density at radius 1 is 1.29 bits per heavy atom. The van der Waals surface area contributed by atoms with Crippen molar-refractivity contribution in [3.8, 4) is 11.5 Å². The number of benzene rings is 1. The van der Waals surface area contributed by atoms with Crippen LogP contribution in [0.15, 0.2) is 24.8 Å². The first-order valence-corrected chi connectivity index (χ1v) is 8.16. The van der Waals surface area contributed by atoms with Gasteiger partial charge in [0, 0.05) is 6.54 Å². The molecular formula is C19H27NO4. The van der Waals surface area contributed by atoms with E-state index in [1.807, 2.05) is 39.0 Å². The van der Waals surface area contributed by atoms with Gasteiger partial charge in [0.2, 0.25) is 0 Å². The van der Waals surface area contributed by atoms with Gasteiger partial charge in [0.25, 0.3) is 0 Å². The molecule has 0 spiro atoms. The fourth-order valence-corrected chi connectivity index (χ4v) is 2.98. The van der Waals surface area contributed by atoms with Crippen LogP contribution in [0.25, 0.3) is 0 Å². The number of ether oxygens (including phenoxy) is 3. The molecule has 1 amide bonds. The maximum absolute atomic E-state index is 12.6. The lowest BCUT2D eigenvalue weighted by Gasteiger charge is -2.38. The number of carbonyl (C=O) groups excluding carboxylic acids is 1. The third-order valence-electron chi connectivity index (χ3n) is 4.02. The van der Waals surface area contributed by atoms with Crippen molar-refractivity contribution in [3.05, 3.63) is 35.9 Å². The number of hydrogen-bond donors (Lipinski definition) is 0. The predicted molar refractivity (Wildman–Crippen MR) is 93.7 cm³/mol. The number of rotatable bonds is 4. The van der Waals surface area contributed by atoms with Gasteiger partial charge in [0.15, 0.2) is 11.5 Å². The van der Waals surface area contributed by atoms with Crippen LogP contribution in [-0.2, 0) is 11.2 Å². The summed E-state index contributed by atoms with van der Waals surface area (Å²) in [5.74, 6) is 1.37. The van der Waals surface area contributed by atoms with Crippen molar-refractivity contribution in [2.75, 3.05) is 20.8 Å². The Bertz CT molecular complexity index is 619. The number of hydrogen-bond acceptors (Lipinski definition) is 4. The summed E-state index contributed by atoms with van der Waals surface area (Å²) in [5.41, 5.74) is 1.71. The molecule has 1 aromatic rings. The first kappa shape index (κ1) is 18.2. The van der Waals surface area contributed by atoms with Gasteiger partial charge in [-0.25, -0.2) is 4.79 Å². The molecule has 5 nitrogen and oxygen atoms in total. The van der Waals surface area contributed by atoms with Crippen molar-refractivity contribution in [1.82, 2.24) is 4.90 Å². The van der Waals surface area contributed by atoms with Crippen LogP contribution < -0.4 is 9.47 Å². The van der Waals surface area contributed by atoms with Crippen LogP contribution in [0.5, 0.6) is 11.5 Å². The van der Waals surface area contributed by atoms with Gasteiger partial charge in [0.1, 0.15) is 5.60 Å². The van der Waals surface area contributed by atoms with E-state index in [4.69, 9.17) is 14.2 Å². The Morgan fingerprint density at radius 3 is 2.46 bits per heavy atom. The van der Waals surface area contributed by atoms with Gasteiger partial charge in [-0.3, -0.25) is 0 Å². The summed E-state index contributed by atoms with van der Waals surface area (Å²) in [6.07, 6.45) is 2.94. The zero-order valence-corrected chi connectivity index (χ0v) is 15.2. The van der Waals surface area contributed by atoms with E-state index < -0.39 is 5.60 Å². The molecule has 0 bridgehead atoms. The molecule has 2 rings (SSSR count). The van der Waals surface area contributed by atoms with Crippen LogP contribution >= 0.6 is 0 Å². The molecule has 0 fully saturated rings. The van der Waals surface area contributed by atoms with Crippen LogP contribution in [0.1, 0.15) is 44.4 Å². The van der Waals surface area contributed by atoms with Gasteiger partial charge < -0.3 is 19.1 Å². The zero-order chi connectivity index (χ0) is 17.9. The minimum Gasteiger partial charge on any atom is -0.493 e. The van der Waals surface area contributed by atoms with Crippen molar-refractivity contribution in [2.45, 2.75) is 45.3 Å². The predicted octanol–water partition coefficient (Wildman–Crippen LogP) is 4.11. The molecule has 1 aliphatic rings. The Kier molecular flexibility index (Phi) is 5.42. The van der Waals surface area contributed by atoms with Crippen LogP contribution in [0.4, 0.5) is 4.79 Å². The van der Waals surface area contributed by atoms with Crippen LogP contribution in [0.3, 0.4) is 0 Å². The van der Waals surface area contributed by atoms with Crippen molar-refractivity contribution in [3.63, 3.8) is 0 Å². The summed E-state index contributed by atoms with van der Waals surface area (Å²) in [7, 11) is 3.24. The second-order valence-electron chi connectivity index (χ2n) is 6.87. The molecule has 1 atom stereocenters. The number of fused-ring (bicyclic) bond motifs is 1. The fourth-order valence-electron chi connectivity index (χ4n) is 2.98. The van der Waals surface area contributed by atoms with Crippen LogP contribution in [0, 0.1) is 0 Å². The lowest BCUT2D eigenvalue weighted by atomic mass is 9.90. The van der Waals surface area contributed by atoms with Gasteiger partial charge in [0.05, 0.1) is 20.3 Å². The highest BCUT2D eigenvalue weighted by atomic mass is 16.6. The van der Waals surface area contributed by atoms with E-state index >= 15 is 0 Å². The molecule has 0 saturated carbocycles. The zero-order valence-electron chi connectivity index (χ0n) is 15.2. The molecule has 1 aliphatic heterocycles. The standard InChI is InChI=1S/C19H27NO4/c1-7-8-15-14-12-17(23-6)16(22-5)11-13(14)9-10-20(15)18(21)24-19(2,3)4/h7,11-12,15H,1,8-10H2,2-6H3/t15-/m1/s1. The smallest absolute Gasteiger partial charge is 0.410 e. The Morgan fingerprint density at radius 2 is 1.92 bits per heavy atom. The lowest BCUT2D eigenvalue weighted by Crippen LogP contribution is -2.43. The Labute approximate surface area is 144 Å². The lowest BCUT2D eigenvalue weighted by molar-refractivity contribution is 0.0144. The first-order chi connectivity index (χ1) is 11.3. The summed E-state index contributed by atoms with van der Waals surface area (Å²) in [5, 5.41) is 0. The molecule has 5 heteroatoms. The third kappa shape index (κ3) is 3.83. The van der Waals surface area contributed by atoms with Crippen molar-refractivity contribution in [2.24, 2.45) is 0 Å². The van der Waals surface area contributed by atoms with Gasteiger partial charge in [-0.1, -0.05) is 6.08 Å². The summed E-state index contributed by atoms with van der Waals surface area (Å²) < 4.78 is 16.4. The van der Waals surface area contributed by atoms with E-state index in [0.29, 0.717) is 24.5 Å². The second-order valence-corrected chi connectivity index (χ2v) is 6.87. The minimum absolute atomic E-state index is 0.110. The van der Waals surface area contributed by atoms with Gasteiger partial charge in [-0.2, -0.15) is 0 Å². The fraction of sp³-hybridized carbons (Fsp3) is 0.526. The second kappa shape index (κ2) is 7.16. The average Bonchev–Trinajstić information content (AvgIpc) is 2.52. The maximum Gasteiger partial charge on any atom is 0.410 e. The van der Waals surface area contributed by atoms with Gasteiger partial charge in [-0.05, 0) is 56.9 Å². The van der Waals surface area contributed by atoms with Gasteiger partial charge >= 0.3 is 6.09 Å². The number of nitrogens with zero attached hydrogens (tertiary/aromatic N) is 1. The molecular weight excluding hydrogens is 306 g/mol. The third-order valence-corrected chi connectivity index (χ3v) is 4.02. The highest BCUT2D eigenvalue weighted by Gasteiger charge is 2.33. The topological polar surface area (TPSA) is 48.0 Å². The SMILES string of the molecule is C=CC[C@@H]1c2cc(OC)c(OC)cc2CCN1C(=O)OC(C)(C)C. The molecule has 1 heterocycles. The average molecular weight is 333 g/mol. The summed E-state index contributed by atoms with van der Waals surface area (Å²) in [6, 6.07) is 3.84. The molecule has 0 saturated heterocycles. The van der Waals surface area contributed by atoms with Crippen molar-refractivity contribution >= 4 is 6.09 Å². The normalized spacial score (nSPS) is 17.0. The van der Waals surface area contributed by atoms with Gasteiger partial charge in [-0.15, -0.1) is 6.58 Å². The highest BCUT2D eigenvalue weighted by molar-refractivity contribution is 5.70. The Hall–Kier alpha value is -2.17. The van der Waals surface area contributed by atoms with E-state index in [2.05, 4.69) is 6.58 Å². The van der Waals surface area contributed by atoms with Crippen LogP contribution in [-0.4, -0.2) is 37.4 Å². The quantitative estimate of drug-likeness (QED) is 0.778. The molecule has 0 unspecified atom stereocenters. The number of methoxy groups -OCH3 is 2. The van der Waals surface area contributed by atoms with Crippen molar-refractivity contribution in [1.29, 1.82) is 0 Å². The maximum atomic E-state index is 12.6. The molecule has 0 aliphatic carbocycles. The van der Waals surface area contributed by atoms with E-state index in [-0.39, 0.29) is 12.1 Å².